The van der Waals surface area contributed by atoms with Gasteiger partial charge in [0.15, 0.2) is 0 Å². The number of halogens is 1. The number of rotatable bonds is 3. The van der Waals surface area contributed by atoms with Gasteiger partial charge in [-0.3, -0.25) is 10.3 Å². The maximum absolute atomic E-state index is 13.0. The van der Waals surface area contributed by atoms with Crippen LogP contribution in [-0.4, -0.2) is 16.7 Å². The Kier molecular flexibility index (Phi) is 4.79. The van der Waals surface area contributed by atoms with Gasteiger partial charge in [-0.15, -0.1) is 0 Å². The molecule has 23 heavy (non-hydrogen) atoms. The number of aromatic nitrogens is 1. The van der Waals surface area contributed by atoms with Crippen LogP contribution in [0, 0.1) is 5.82 Å². The van der Waals surface area contributed by atoms with E-state index in [-0.39, 0.29) is 5.82 Å². The number of carbonyl (C=O) groups excluding carboxylic acids is 1. The molecule has 1 amide bonds. The van der Waals surface area contributed by atoms with Crippen molar-refractivity contribution in [2.45, 2.75) is 26.4 Å². The molecule has 0 saturated heterocycles. The van der Waals surface area contributed by atoms with E-state index in [0.29, 0.717) is 17.0 Å². The Morgan fingerprint density at radius 2 is 1.87 bits per heavy atom. The van der Waals surface area contributed by atoms with Crippen LogP contribution in [0.2, 0.25) is 0 Å². The topological polar surface area (TPSA) is 51.2 Å². The minimum atomic E-state index is -0.572. The molecule has 5 heteroatoms. The summed E-state index contributed by atoms with van der Waals surface area (Å²) in [6.07, 6.45) is 1.03. The molecule has 1 heterocycles. The Hall–Kier alpha value is -2.69. The van der Waals surface area contributed by atoms with Crippen molar-refractivity contribution < 1.29 is 13.9 Å². The second-order valence-corrected chi connectivity index (χ2v) is 6.04. The van der Waals surface area contributed by atoms with Gasteiger partial charge in [-0.1, -0.05) is 18.7 Å². The van der Waals surface area contributed by atoms with E-state index in [2.05, 4.69) is 16.9 Å². The van der Waals surface area contributed by atoms with Crippen molar-refractivity contribution in [1.29, 1.82) is 0 Å². The minimum absolute atomic E-state index is 0.310. The first-order valence-electron chi connectivity index (χ1n) is 7.16. The molecule has 0 unspecified atom stereocenters. The SMILES string of the molecule is C=C(c1ccc(F)cc1)c1cc(NC(=O)OC(C)(C)C)ccn1. The number of ether oxygens (including phenoxy) is 1. The maximum Gasteiger partial charge on any atom is 0.412 e. The molecule has 0 saturated carbocycles. The van der Waals surface area contributed by atoms with Gasteiger partial charge < -0.3 is 4.74 Å². The molecule has 0 bridgehead atoms. The van der Waals surface area contributed by atoms with Gasteiger partial charge in [0, 0.05) is 17.5 Å². The minimum Gasteiger partial charge on any atom is -0.444 e. The first-order valence-corrected chi connectivity index (χ1v) is 7.16. The molecule has 0 aliphatic carbocycles. The summed E-state index contributed by atoms with van der Waals surface area (Å²) in [5.74, 6) is -0.310. The van der Waals surface area contributed by atoms with Crippen molar-refractivity contribution in [3.63, 3.8) is 0 Å². The highest BCUT2D eigenvalue weighted by atomic mass is 19.1. The van der Waals surface area contributed by atoms with Crippen LogP contribution in [0.4, 0.5) is 14.9 Å². The summed E-state index contributed by atoms with van der Waals surface area (Å²) >= 11 is 0. The molecule has 0 atom stereocenters. The summed E-state index contributed by atoms with van der Waals surface area (Å²) in [4.78, 5) is 16.0. The quantitative estimate of drug-likeness (QED) is 0.898. The average Bonchev–Trinajstić information content (AvgIpc) is 2.45. The summed E-state index contributed by atoms with van der Waals surface area (Å²) in [6, 6.07) is 9.34. The zero-order chi connectivity index (χ0) is 17.0. The fourth-order valence-corrected chi connectivity index (χ4v) is 1.89. The van der Waals surface area contributed by atoms with Gasteiger partial charge in [-0.05, 0) is 50.6 Å². The van der Waals surface area contributed by atoms with Crippen molar-refractivity contribution in [2.24, 2.45) is 0 Å². The van der Waals surface area contributed by atoms with Crippen molar-refractivity contribution in [3.8, 4) is 0 Å². The van der Waals surface area contributed by atoms with E-state index in [4.69, 9.17) is 4.74 Å². The lowest BCUT2D eigenvalue weighted by molar-refractivity contribution is 0.0636. The molecule has 4 nitrogen and oxygen atoms in total. The van der Waals surface area contributed by atoms with Crippen LogP contribution in [0.25, 0.3) is 5.57 Å². The van der Waals surface area contributed by atoms with Crippen LogP contribution >= 0.6 is 0 Å². The van der Waals surface area contributed by atoms with E-state index in [9.17, 15) is 9.18 Å². The third kappa shape index (κ3) is 4.92. The highest BCUT2D eigenvalue weighted by molar-refractivity contribution is 5.86. The second-order valence-electron chi connectivity index (χ2n) is 6.04. The van der Waals surface area contributed by atoms with Gasteiger partial charge in [-0.25, -0.2) is 9.18 Å². The molecule has 0 aliphatic heterocycles. The average molecular weight is 314 g/mol. The molecule has 0 aliphatic rings. The third-order valence-corrected chi connectivity index (χ3v) is 2.91. The Bertz CT molecular complexity index is 719. The van der Waals surface area contributed by atoms with Gasteiger partial charge in [-0.2, -0.15) is 0 Å². The third-order valence-electron chi connectivity index (χ3n) is 2.91. The van der Waals surface area contributed by atoms with Gasteiger partial charge in [0.1, 0.15) is 11.4 Å². The molecule has 1 aromatic heterocycles. The van der Waals surface area contributed by atoms with Gasteiger partial charge >= 0.3 is 6.09 Å². The fraction of sp³-hybridized carbons (Fsp3) is 0.222. The van der Waals surface area contributed by atoms with Gasteiger partial charge in [0.05, 0.1) is 5.69 Å². The predicted octanol–water partition coefficient (Wildman–Crippen LogP) is 4.63. The summed E-state index contributed by atoms with van der Waals surface area (Å²) in [5.41, 5.74) is 1.96. The monoisotopic (exact) mass is 314 g/mol. The van der Waals surface area contributed by atoms with E-state index in [1.807, 2.05) is 0 Å². The summed E-state index contributed by atoms with van der Waals surface area (Å²) in [6.45, 7) is 9.35. The zero-order valence-electron chi connectivity index (χ0n) is 13.4. The normalized spacial score (nSPS) is 11.0. The lowest BCUT2D eigenvalue weighted by Gasteiger charge is -2.19. The zero-order valence-corrected chi connectivity index (χ0v) is 13.4. The molecule has 0 radical (unpaired) electrons. The lowest BCUT2D eigenvalue weighted by atomic mass is 10.0. The number of hydrogen-bond acceptors (Lipinski definition) is 3. The van der Waals surface area contributed by atoms with Crippen LogP contribution in [-0.2, 0) is 4.74 Å². The molecular weight excluding hydrogens is 295 g/mol. The highest BCUT2D eigenvalue weighted by Gasteiger charge is 2.16. The van der Waals surface area contributed by atoms with E-state index in [0.717, 1.165) is 5.56 Å². The van der Waals surface area contributed by atoms with Crippen LogP contribution in [0.5, 0.6) is 0 Å². The Morgan fingerprint density at radius 1 is 1.22 bits per heavy atom. The fourth-order valence-electron chi connectivity index (χ4n) is 1.89. The van der Waals surface area contributed by atoms with E-state index >= 15 is 0 Å². The number of carbonyl (C=O) groups is 1. The largest absolute Gasteiger partial charge is 0.444 e. The number of nitrogens with zero attached hydrogens (tertiary/aromatic N) is 1. The summed E-state index contributed by atoms with van der Waals surface area (Å²) in [7, 11) is 0. The van der Waals surface area contributed by atoms with Crippen LogP contribution in [0.1, 0.15) is 32.0 Å². The Morgan fingerprint density at radius 3 is 2.48 bits per heavy atom. The van der Waals surface area contributed by atoms with Crippen LogP contribution in [0.15, 0.2) is 49.2 Å². The molecule has 0 spiro atoms. The number of nitrogens with one attached hydrogen (secondary N) is 1. The molecule has 1 aromatic carbocycles. The smallest absolute Gasteiger partial charge is 0.412 e. The number of hydrogen-bond donors (Lipinski definition) is 1. The molecule has 0 fully saturated rings. The van der Waals surface area contributed by atoms with Crippen molar-refractivity contribution in [3.05, 3.63) is 66.2 Å². The summed E-state index contributed by atoms with van der Waals surface area (Å²) < 4.78 is 18.2. The Balaban J connectivity index is 2.15. The molecule has 120 valence electrons. The Labute approximate surface area is 135 Å². The van der Waals surface area contributed by atoms with E-state index in [1.165, 1.54) is 12.1 Å². The predicted molar refractivity (Wildman–Crippen MR) is 88.6 cm³/mol. The maximum atomic E-state index is 13.0. The van der Waals surface area contributed by atoms with Gasteiger partial charge in [0.25, 0.3) is 0 Å². The van der Waals surface area contributed by atoms with E-state index < -0.39 is 11.7 Å². The van der Waals surface area contributed by atoms with Crippen LogP contribution < -0.4 is 5.32 Å². The van der Waals surface area contributed by atoms with Gasteiger partial charge in [0.2, 0.25) is 0 Å². The molecule has 2 aromatic rings. The molecule has 1 N–H and O–H groups in total. The van der Waals surface area contributed by atoms with Crippen LogP contribution in [0.3, 0.4) is 0 Å². The number of pyridine rings is 1. The first kappa shape index (κ1) is 16.7. The number of anilines is 1. The first-order chi connectivity index (χ1) is 10.7. The number of benzene rings is 1. The lowest BCUT2D eigenvalue weighted by Crippen LogP contribution is -2.27. The molecule has 2 rings (SSSR count). The van der Waals surface area contributed by atoms with E-state index in [1.54, 1.807) is 51.2 Å². The van der Waals surface area contributed by atoms with Crippen molar-refractivity contribution in [1.82, 2.24) is 4.98 Å². The standard InChI is InChI=1S/C18H19FN2O2/c1-12(13-5-7-14(19)8-6-13)16-11-15(9-10-20-16)21-17(22)23-18(2,3)4/h5-11H,1H2,2-4H3,(H,20,21,22). The van der Waals surface area contributed by atoms with Crippen molar-refractivity contribution in [2.75, 3.05) is 5.32 Å². The highest BCUT2D eigenvalue weighted by Crippen LogP contribution is 2.22. The summed E-state index contributed by atoms with van der Waals surface area (Å²) in [5, 5.41) is 2.65. The number of amides is 1. The molecular formula is C18H19FN2O2. The second kappa shape index (κ2) is 6.60. The van der Waals surface area contributed by atoms with Crippen molar-refractivity contribution >= 4 is 17.4 Å².